The maximum absolute atomic E-state index is 6.01. The molecule has 0 saturated carbocycles. The maximum atomic E-state index is 6.01. The molecule has 20 heavy (non-hydrogen) atoms. The smallest absolute Gasteiger partial charge is 0.165 e. The second-order valence-corrected chi connectivity index (χ2v) is 5.13. The van der Waals surface area contributed by atoms with Crippen LogP contribution in [0.1, 0.15) is 25.3 Å². The van der Waals surface area contributed by atoms with Crippen LogP contribution in [0.2, 0.25) is 0 Å². The lowest BCUT2D eigenvalue weighted by Gasteiger charge is -2.18. The molecular weight excluding hydrogens is 252 g/mol. The summed E-state index contributed by atoms with van der Waals surface area (Å²) in [5, 5.41) is 3.34. The molecule has 1 N–H and O–H groups in total. The van der Waals surface area contributed by atoms with Crippen molar-refractivity contribution in [2.45, 2.75) is 26.3 Å². The minimum absolute atomic E-state index is 0.722. The van der Waals surface area contributed by atoms with Gasteiger partial charge in [0.05, 0.1) is 7.11 Å². The predicted molar refractivity (Wildman–Crippen MR) is 81.5 cm³/mol. The highest BCUT2D eigenvalue weighted by molar-refractivity contribution is 5.46. The fourth-order valence-corrected chi connectivity index (χ4v) is 2.57. The van der Waals surface area contributed by atoms with Crippen molar-refractivity contribution in [3.05, 3.63) is 23.8 Å². The van der Waals surface area contributed by atoms with Crippen molar-refractivity contribution >= 4 is 0 Å². The van der Waals surface area contributed by atoms with Gasteiger partial charge in [0, 0.05) is 18.7 Å². The number of para-hydroxylation sites is 1. The molecule has 0 aromatic heterocycles. The van der Waals surface area contributed by atoms with Gasteiger partial charge in [0.2, 0.25) is 0 Å². The molecule has 0 spiro atoms. The number of hydrogen-bond donors (Lipinski definition) is 1. The fourth-order valence-electron chi connectivity index (χ4n) is 2.57. The van der Waals surface area contributed by atoms with Crippen LogP contribution in [-0.4, -0.2) is 44.8 Å². The van der Waals surface area contributed by atoms with Crippen LogP contribution in [-0.2, 0) is 6.54 Å². The molecule has 1 aromatic rings. The van der Waals surface area contributed by atoms with Gasteiger partial charge in [-0.25, -0.2) is 0 Å². The van der Waals surface area contributed by atoms with E-state index >= 15 is 0 Å². The Morgan fingerprint density at radius 1 is 1.25 bits per heavy atom. The van der Waals surface area contributed by atoms with Crippen molar-refractivity contribution < 1.29 is 9.47 Å². The number of benzene rings is 1. The molecule has 1 aromatic carbocycles. The molecule has 1 aliphatic heterocycles. The van der Waals surface area contributed by atoms with Crippen molar-refractivity contribution in [3.8, 4) is 11.5 Å². The second-order valence-electron chi connectivity index (χ2n) is 5.13. The van der Waals surface area contributed by atoms with Gasteiger partial charge in [0.1, 0.15) is 6.61 Å². The number of hydrogen-bond acceptors (Lipinski definition) is 4. The van der Waals surface area contributed by atoms with Gasteiger partial charge in [-0.05, 0) is 38.5 Å². The molecule has 0 amide bonds. The monoisotopic (exact) mass is 278 g/mol. The Hall–Kier alpha value is -1.26. The van der Waals surface area contributed by atoms with Crippen LogP contribution in [0.3, 0.4) is 0 Å². The minimum Gasteiger partial charge on any atom is -0.493 e. The summed E-state index contributed by atoms with van der Waals surface area (Å²) in [7, 11) is 1.69. The Kier molecular flexibility index (Phi) is 6.15. The largest absolute Gasteiger partial charge is 0.493 e. The Labute approximate surface area is 122 Å². The molecule has 1 heterocycles. The summed E-state index contributed by atoms with van der Waals surface area (Å²) in [5.74, 6) is 1.71. The van der Waals surface area contributed by atoms with E-state index in [2.05, 4.69) is 23.2 Å². The van der Waals surface area contributed by atoms with E-state index < -0.39 is 0 Å². The number of methoxy groups -OCH3 is 1. The molecule has 1 saturated heterocycles. The number of rotatable bonds is 8. The Morgan fingerprint density at radius 3 is 2.75 bits per heavy atom. The molecule has 112 valence electrons. The van der Waals surface area contributed by atoms with Crippen molar-refractivity contribution in [3.63, 3.8) is 0 Å². The zero-order chi connectivity index (χ0) is 14.2. The summed E-state index contributed by atoms with van der Waals surface area (Å²) in [6.07, 6.45) is 2.64. The standard InChI is InChI=1S/C16H26N2O2/c1-3-17-13-14-7-6-8-15(19-2)16(14)20-12-11-18-9-4-5-10-18/h6-8,17H,3-5,9-13H2,1-2H3. The average Bonchev–Trinajstić information content (AvgIpc) is 2.99. The van der Waals surface area contributed by atoms with Gasteiger partial charge in [0.15, 0.2) is 11.5 Å². The average molecular weight is 278 g/mol. The third-order valence-corrected chi connectivity index (χ3v) is 3.70. The SMILES string of the molecule is CCNCc1cccc(OC)c1OCCN1CCCC1. The maximum Gasteiger partial charge on any atom is 0.165 e. The van der Waals surface area contributed by atoms with Gasteiger partial charge >= 0.3 is 0 Å². The number of ether oxygens (including phenoxy) is 2. The number of likely N-dealkylation sites (tertiary alicyclic amines) is 1. The van der Waals surface area contributed by atoms with Crippen LogP contribution in [0.4, 0.5) is 0 Å². The number of nitrogens with one attached hydrogen (secondary N) is 1. The van der Waals surface area contributed by atoms with E-state index in [0.717, 1.165) is 43.3 Å². The Bertz CT molecular complexity index is 403. The molecule has 0 atom stereocenters. The zero-order valence-corrected chi connectivity index (χ0v) is 12.7. The summed E-state index contributed by atoms with van der Waals surface area (Å²) in [5.41, 5.74) is 1.16. The van der Waals surface area contributed by atoms with Crippen LogP contribution in [0.15, 0.2) is 18.2 Å². The van der Waals surface area contributed by atoms with Gasteiger partial charge in [-0.2, -0.15) is 0 Å². The normalized spacial score (nSPS) is 15.5. The molecule has 1 aliphatic rings. The van der Waals surface area contributed by atoms with Gasteiger partial charge in [-0.3, -0.25) is 4.90 Å². The van der Waals surface area contributed by atoms with Crippen LogP contribution in [0.5, 0.6) is 11.5 Å². The highest BCUT2D eigenvalue weighted by Gasteiger charge is 2.13. The van der Waals surface area contributed by atoms with Crippen molar-refractivity contribution in [2.24, 2.45) is 0 Å². The lowest BCUT2D eigenvalue weighted by molar-refractivity contribution is 0.228. The fraction of sp³-hybridized carbons (Fsp3) is 0.625. The molecule has 2 rings (SSSR count). The Balaban J connectivity index is 1.95. The van der Waals surface area contributed by atoms with Crippen LogP contribution >= 0.6 is 0 Å². The van der Waals surface area contributed by atoms with Crippen LogP contribution < -0.4 is 14.8 Å². The molecule has 0 radical (unpaired) electrons. The first kappa shape index (κ1) is 15.1. The molecule has 4 heteroatoms. The van der Waals surface area contributed by atoms with E-state index in [1.807, 2.05) is 12.1 Å². The van der Waals surface area contributed by atoms with Gasteiger partial charge in [-0.1, -0.05) is 19.1 Å². The quantitative estimate of drug-likeness (QED) is 0.791. The minimum atomic E-state index is 0.722. The lowest BCUT2D eigenvalue weighted by Crippen LogP contribution is -2.25. The molecule has 0 unspecified atom stereocenters. The highest BCUT2D eigenvalue weighted by atomic mass is 16.5. The third kappa shape index (κ3) is 4.12. The zero-order valence-electron chi connectivity index (χ0n) is 12.7. The molecular formula is C16H26N2O2. The summed E-state index contributed by atoms with van der Waals surface area (Å²) >= 11 is 0. The van der Waals surface area contributed by atoms with E-state index in [4.69, 9.17) is 9.47 Å². The second kappa shape index (κ2) is 8.12. The van der Waals surface area contributed by atoms with E-state index in [1.54, 1.807) is 7.11 Å². The van der Waals surface area contributed by atoms with E-state index in [-0.39, 0.29) is 0 Å². The van der Waals surface area contributed by atoms with Gasteiger partial charge < -0.3 is 14.8 Å². The number of nitrogens with zero attached hydrogens (tertiary/aromatic N) is 1. The topological polar surface area (TPSA) is 33.7 Å². The van der Waals surface area contributed by atoms with Crippen molar-refractivity contribution in [1.29, 1.82) is 0 Å². The van der Waals surface area contributed by atoms with Gasteiger partial charge in [-0.15, -0.1) is 0 Å². The molecule has 1 fully saturated rings. The molecule has 0 bridgehead atoms. The third-order valence-electron chi connectivity index (χ3n) is 3.70. The Morgan fingerprint density at radius 2 is 2.05 bits per heavy atom. The van der Waals surface area contributed by atoms with Crippen LogP contribution in [0, 0.1) is 0 Å². The highest BCUT2D eigenvalue weighted by Crippen LogP contribution is 2.31. The molecule has 0 aliphatic carbocycles. The molecule has 4 nitrogen and oxygen atoms in total. The first-order valence-electron chi connectivity index (χ1n) is 7.57. The van der Waals surface area contributed by atoms with E-state index in [9.17, 15) is 0 Å². The van der Waals surface area contributed by atoms with Crippen LogP contribution in [0.25, 0.3) is 0 Å². The van der Waals surface area contributed by atoms with Crippen molar-refractivity contribution in [2.75, 3.05) is 39.9 Å². The summed E-state index contributed by atoms with van der Waals surface area (Å²) < 4.78 is 11.4. The summed E-state index contributed by atoms with van der Waals surface area (Å²) in [4.78, 5) is 2.46. The first-order valence-corrected chi connectivity index (χ1v) is 7.57. The first-order chi connectivity index (χ1) is 9.85. The summed E-state index contributed by atoms with van der Waals surface area (Å²) in [6.45, 7) is 8.00. The van der Waals surface area contributed by atoms with Crippen molar-refractivity contribution in [1.82, 2.24) is 10.2 Å². The summed E-state index contributed by atoms with van der Waals surface area (Å²) in [6, 6.07) is 6.07. The van der Waals surface area contributed by atoms with Gasteiger partial charge in [0.25, 0.3) is 0 Å². The van der Waals surface area contributed by atoms with E-state index in [0.29, 0.717) is 0 Å². The predicted octanol–water partition coefficient (Wildman–Crippen LogP) is 2.28. The lowest BCUT2D eigenvalue weighted by atomic mass is 10.2. The van der Waals surface area contributed by atoms with E-state index in [1.165, 1.54) is 25.9 Å².